The van der Waals surface area contributed by atoms with Crippen LogP contribution in [0.15, 0.2) is 6.20 Å². The van der Waals surface area contributed by atoms with Gasteiger partial charge in [0.05, 0.1) is 11.4 Å². The first kappa shape index (κ1) is 8.60. The Morgan fingerprint density at radius 2 is 2.31 bits per heavy atom. The molecule has 1 aliphatic rings. The van der Waals surface area contributed by atoms with Crippen LogP contribution in [0.1, 0.15) is 25.5 Å². The molecule has 1 aromatic heterocycles. The van der Waals surface area contributed by atoms with E-state index in [0.29, 0.717) is 0 Å². The molecule has 0 radical (unpaired) electrons. The van der Waals surface area contributed by atoms with Crippen molar-refractivity contribution in [3.63, 3.8) is 0 Å². The van der Waals surface area contributed by atoms with Gasteiger partial charge in [0.2, 0.25) is 0 Å². The summed E-state index contributed by atoms with van der Waals surface area (Å²) in [6, 6.07) is 0. The van der Waals surface area contributed by atoms with Crippen molar-refractivity contribution < 1.29 is 0 Å². The third-order valence-corrected chi connectivity index (χ3v) is 2.90. The summed E-state index contributed by atoms with van der Waals surface area (Å²) in [7, 11) is 0. The Morgan fingerprint density at radius 3 is 2.77 bits per heavy atom. The van der Waals surface area contributed by atoms with E-state index in [0.717, 1.165) is 29.8 Å². The number of anilines is 1. The van der Waals surface area contributed by atoms with Gasteiger partial charge in [-0.05, 0) is 31.6 Å². The molecular formula is C10H17N3. The first-order chi connectivity index (χ1) is 6.15. The van der Waals surface area contributed by atoms with Gasteiger partial charge < -0.3 is 5.73 Å². The topological polar surface area (TPSA) is 43.8 Å². The fourth-order valence-electron chi connectivity index (χ4n) is 2.11. The summed E-state index contributed by atoms with van der Waals surface area (Å²) in [6.07, 6.45) is 4.63. The van der Waals surface area contributed by atoms with E-state index in [4.69, 9.17) is 5.73 Å². The molecule has 0 aromatic carbocycles. The van der Waals surface area contributed by atoms with Crippen LogP contribution in [0.25, 0.3) is 0 Å². The maximum absolute atomic E-state index is 5.72. The van der Waals surface area contributed by atoms with Crippen LogP contribution in [0.4, 0.5) is 5.69 Å². The number of aryl methyl sites for hydroxylation is 1. The molecule has 1 heterocycles. The lowest BCUT2D eigenvalue weighted by atomic mass is 9.76. The highest BCUT2D eigenvalue weighted by Gasteiger charge is 2.25. The molecule has 72 valence electrons. The lowest BCUT2D eigenvalue weighted by Crippen LogP contribution is -2.25. The molecule has 2 N–H and O–H groups in total. The summed E-state index contributed by atoms with van der Waals surface area (Å²) < 4.78 is 1.99. The normalized spacial score (nSPS) is 27.2. The predicted molar refractivity (Wildman–Crippen MR) is 53.3 cm³/mol. The van der Waals surface area contributed by atoms with Gasteiger partial charge >= 0.3 is 0 Å². The smallest absolute Gasteiger partial charge is 0.0822 e. The summed E-state index contributed by atoms with van der Waals surface area (Å²) in [6.45, 7) is 5.30. The Balaban J connectivity index is 1.95. The van der Waals surface area contributed by atoms with E-state index in [1.54, 1.807) is 0 Å². The first-order valence-corrected chi connectivity index (χ1v) is 4.94. The molecule has 1 fully saturated rings. The molecule has 0 saturated heterocycles. The van der Waals surface area contributed by atoms with Gasteiger partial charge in [-0.15, -0.1) is 0 Å². The minimum Gasteiger partial charge on any atom is -0.396 e. The van der Waals surface area contributed by atoms with Gasteiger partial charge in [0, 0.05) is 12.7 Å². The number of hydrogen-bond donors (Lipinski definition) is 1. The second-order valence-electron chi connectivity index (χ2n) is 4.33. The molecule has 0 aliphatic heterocycles. The molecule has 3 heteroatoms. The zero-order valence-electron chi connectivity index (χ0n) is 8.33. The molecule has 1 saturated carbocycles. The first-order valence-electron chi connectivity index (χ1n) is 4.94. The minimum absolute atomic E-state index is 0.812. The monoisotopic (exact) mass is 179 g/mol. The standard InChI is InChI=1S/C10H17N3/c1-7-3-9(4-7)5-13-6-10(11)8(2)12-13/h6-7,9H,3-5,11H2,1-2H3. The highest BCUT2D eigenvalue weighted by Crippen LogP contribution is 2.34. The van der Waals surface area contributed by atoms with Crippen LogP contribution in [0.3, 0.4) is 0 Å². The largest absolute Gasteiger partial charge is 0.396 e. The Hall–Kier alpha value is -0.990. The second kappa shape index (κ2) is 3.05. The molecule has 3 nitrogen and oxygen atoms in total. The third-order valence-electron chi connectivity index (χ3n) is 2.90. The van der Waals surface area contributed by atoms with Crippen LogP contribution >= 0.6 is 0 Å². The summed E-state index contributed by atoms with van der Waals surface area (Å²) in [5.74, 6) is 1.74. The number of nitrogens with two attached hydrogens (primary N) is 1. The molecule has 13 heavy (non-hydrogen) atoms. The van der Waals surface area contributed by atoms with Crippen molar-refractivity contribution in [2.24, 2.45) is 11.8 Å². The predicted octanol–water partition coefficient (Wildman–Crippen LogP) is 1.82. The van der Waals surface area contributed by atoms with Crippen LogP contribution in [0, 0.1) is 18.8 Å². The van der Waals surface area contributed by atoms with Crippen molar-refractivity contribution in [3.05, 3.63) is 11.9 Å². The van der Waals surface area contributed by atoms with Gasteiger partial charge in [0.15, 0.2) is 0 Å². The van der Waals surface area contributed by atoms with E-state index in [1.807, 2.05) is 17.8 Å². The van der Waals surface area contributed by atoms with Crippen LogP contribution in [-0.2, 0) is 6.54 Å². The average Bonchev–Trinajstić information content (AvgIpc) is 2.28. The summed E-state index contributed by atoms with van der Waals surface area (Å²) in [4.78, 5) is 0. The molecule has 2 rings (SSSR count). The van der Waals surface area contributed by atoms with Crippen molar-refractivity contribution >= 4 is 5.69 Å². The Bertz CT molecular complexity index is 278. The van der Waals surface area contributed by atoms with Crippen molar-refractivity contribution in [1.82, 2.24) is 9.78 Å². The van der Waals surface area contributed by atoms with E-state index in [-0.39, 0.29) is 0 Å². The average molecular weight is 179 g/mol. The van der Waals surface area contributed by atoms with Gasteiger partial charge in [0.25, 0.3) is 0 Å². The number of hydrogen-bond acceptors (Lipinski definition) is 2. The van der Waals surface area contributed by atoms with Crippen LogP contribution < -0.4 is 5.73 Å². The molecule has 1 aliphatic carbocycles. The van der Waals surface area contributed by atoms with Crippen molar-refractivity contribution in [2.45, 2.75) is 33.2 Å². The van der Waals surface area contributed by atoms with Gasteiger partial charge in [-0.1, -0.05) is 6.92 Å². The summed E-state index contributed by atoms with van der Waals surface area (Å²) in [5, 5.41) is 4.35. The number of nitrogens with zero attached hydrogens (tertiary/aromatic N) is 2. The van der Waals surface area contributed by atoms with Crippen molar-refractivity contribution in [3.8, 4) is 0 Å². The van der Waals surface area contributed by atoms with Gasteiger partial charge in [-0.3, -0.25) is 4.68 Å². The Labute approximate surface area is 78.9 Å². The fraction of sp³-hybridized carbons (Fsp3) is 0.700. The van der Waals surface area contributed by atoms with Crippen LogP contribution in [-0.4, -0.2) is 9.78 Å². The van der Waals surface area contributed by atoms with Gasteiger partial charge in [-0.25, -0.2) is 0 Å². The maximum Gasteiger partial charge on any atom is 0.0822 e. The minimum atomic E-state index is 0.812. The van der Waals surface area contributed by atoms with Gasteiger partial charge in [0.1, 0.15) is 0 Å². The van der Waals surface area contributed by atoms with E-state index in [9.17, 15) is 0 Å². The van der Waals surface area contributed by atoms with Crippen LogP contribution in [0.2, 0.25) is 0 Å². The third kappa shape index (κ3) is 1.69. The molecule has 0 spiro atoms. The lowest BCUT2D eigenvalue weighted by Gasteiger charge is -2.32. The molecule has 0 unspecified atom stereocenters. The lowest BCUT2D eigenvalue weighted by molar-refractivity contribution is 0.182. The SMILES string of the molecule is Cc1nn(CC2CC(C)C2)cc1N. The highest BCUT2D eigenvalue weighted by atomic mass is 15.3. The van der Waals surface area contributed by atoms with Crippen molar-refractivity contribution in [1.29, 1.82) is 0 Å². The second-order valence-corrected chi connectivity index (χ2v) is 4.33. The maximum atomic E-state index is 5.72. The van der Waals surface area contributed by atoms with E-state index >= 15 is 0 Å². The Kier molecular flexibility index (Phi) is 2.02. The highest BCUT2D eigenvalue weighted by molar-refractivity contribution is 5.39. The number of rotatable bonds is 2. The molecule has 0 amide bonds. The summed E-state index contributed by atoms with van der Waals surface area (Å²) >= 11 is 0. The molecular weight excluding hydrogens is 162 g/mol. The van der Waals surface area contributed by atoms with Gasteiger partial charge in [-0.2, -0.15) is 5.10 Å². The van der Waals surface area contributed by atoms with Crippen LogP contribution in [0.5, 0.6) is 0 Å². The summed E-state index contributed by atoms with van der Waals surface area (Å²) in [5.41, 5.74) is 7.48. The van der Waals surface area contributed by atoms with E-state index in [1.165, 1.54) is 12.8 Å². The van der Waals surface area contributed by atoms with Crippen molar-refractivity contribution in [2.75, 3.05) is 5.73 Å². The molecule has 1 aromatic rings. The van der Waals surface area contributed by atoms with E-state index < -0.39 is 0 Å². The van der Waals surface area contributed by atoms with E-state index in [2.05, 4.69) is 12.0 Å². The quantitative estimate of drug-likeness (QED) is 0.752. The zero-order chi connectivity index (χ0) is 9.42. The molecule has 0 bridgehead atoms. The Morgan fingerprint density at radius 1 is 1.62 bits per heavy atom. The molecule has 0 atom stereocenters. The zero-order valence-corrected chi connectivity index (χ0v) is 8.33. The number of nitrogen functional groups attached to an aromatic ring is 1. The fourth-order valence-corrected chi connectivity index (χ4v) is 2.11. The number of aromatic nitrogens is 2.